The number of thiophene rings is 1. The first-order valence-corrected chi connectivity index (χ1v) is 11.0. The number of benzene rings is 1. The minimum absolute atomic E-state index is 0.0382. The second-order valence-electron chi connectivity index (χ2n) is 8.31. The van der Waals surface area contributed by atoms with Gasteiger partial charge in [0.05, 0.1) is 12.1 Å². The van der Waals surface area contributed by atoms with Gasteiger partial charge >= 0.3 is 0 Å². The number of nitriles is 1. The molecule has 0 radical (unpaired) electrons. The van der Waals surface area contributed by atoms with E-state index in [9.17, 15) is 15.2 Å². The summed E-state index contributed by atoms with van der Waals surface area (Å²) < 4.78 is 0. The topological polar surface area (TPSA) is 97.2 Å². The van der Waals surface area contributed by atoms with Crippen molar-refractivity contribution in [1.29, 1.82) is 5.26 Å². The summed E-state index contributed by atoms with van der Waals surface area (Å²) in [5, 5.41) is 28.7. The van der Waals surface area contributed by atoms with Crippen molar-refractivity contribution in [3.8, 4) is 16.5 Å². The maximum atomic E-state index is 12.6. The lowest BCUT2D eigenvalue weighted by Gasteiger charge is -2.23. The molecular weight excluding hydrogens is 384 g/mol. The zero-order chi connectivity index (χ0) is 20.0. The van der Waals surface area contributed by atoms with Crippen molar-refractivity contribution in [3.63, 3.8) is 0 Å². The highest BCUT2D eigenvalue weighted by Gasteiger charge is 2.43. The maximum absolute atomic E-state index is 12.6. The van der Waals surface area contributed by atoms with Crippen molar-refractivity contribution in [3.05, 3.63) is 40.8 Å². The number of amides is 1. The number of rotatable bonds is 5. The summed E-state index contributed by atoms with van der Waals surface area (Å²) >= 11 is 1.64. The fourth-order valence-electron chi connectivity index (χ4n) is 4.87. The molecule has 4 N–H and O–H groups in total. The van der Waals surface area contributed by atoms with E-state index in [1.54, 1.807) is 11.3 Å². The lowest BCUT2D eigenvalue weighted by molar-refractivity contribution is -0.124. The smallest absolute Gasteiger partial charge is 0.238 e. The van der Waals surface area contributed by atoms with Crippen molar-refractivity contribution < 1.29 is 9.90 Å². The van der Waals surface area contributed by atoms with Gasteiger partial charge in [0.15, 0.2) is 0 Å². The molecule has 29 heavy (non-hydrogen) atoms. The minimum Gasteiger partial charge on any atom is -0.373 e. The molecule has 3 aliphatic rings. The molecule has 1 unspecified atom stereocenters. The van der Waals surface area contributed by atoms with Gasteiger partial charge in [-0.15, -0.1) is 11.3 Å². The van der Waals surface area contributed by atoms with E-state index < -0.39 is 12.3 Å². The number of anilines is 1. The van der Waals surface area contributed by atoms with Gasteiger partial charge in [0, 0.05) is 34.3 Å². The first-order chi connectivity index (χ1) is 14.1. The summed E-state index contributed by atoms with van der Waals surface area (Å²) in [6.07, 6.45) is 3.97. The molecule has 1 aliphatic carbocycles. The van der Waals surface area contributed by atoms with Gasteiger partial charge in [0.1, 0.15) is 12.3 Å². The number of nitrogens with one attached hydrogen (secondary N) is 3. The fourth-order valence-corrected chi connectivity index (χ4v) is 5.92. The number of carbonyl (C=O) groups is 1. The Labute approximate surface area is 173 Å². The average Bonchev–Trinajstić information content (AvgIpc) is 3.49. The third-order valence-corrected chi connectivity index (χ3v) is 7.47. The standard InChI is InChI=1S/C22H24N4O2S/c23-11-16(25-22(28)21-14-3-4-15(7-14)24-21)10-17-5-6-19(29-17)13-2-1-12-9-20(27)26-18(12)8-13/h1-2,5-6,8,14-16,20-21,24,26-27H,3-4,7,9-10H2,(H,25,28)/t14-,15+,16-,20?,21-/m0/s1. The second-order valence-corrected chi connectivity index (χ2v) is 9.48. The third kappa shape index (κ3) is 3.64. The number of aliphatic hydroxyl groups is 1. The Morgan fingerprint density at radius 1 is 1.34 bits per heavy atom. The highest BCUT2D eigenvalue weighted by Crippen LogP contribution is 2.36. The highest BCUT2D eigenvalue weighted by atomic mass is 32.1. The zero-order valence-corrected chi connectivity index (χ0v) is 16.8. The third-order valence-electron chi connectivity index (χ3n) is 6.31. The molecule has 7 heteroatoms. The lowest BCUT2D eigenvalue weighted by atomic mass is 9.99. The summed E-state index contributed by atoms with van der Waals surface area (Å²) in [6.45, 7) is 0. The fraction of sp³-hybridized carbons (Fsp3) is 0.455. The first kappa shape index (κ1) is 18.6. The van der Waals surface area contributed by atoms with Crippen LogP contribution in [0.15, 0.2) is 30.3 Å². The van der Waals surface area contributed by atoms with Gasteiger partial charge in [-0.25, -0.2) is 0 Å². The van der Waals surface area contributed by atoms with E-state index in [4.69, 9.17) is 0 Å². The largest absolute Gasteiger partial charge is 0.373 e. The van der Waals surface area contributed by atoms with Crippen molar-refractivity contribution in [2.45, 2.75) is 56.5 Å². The Kier molecular flexibility index (Phi) is 4.78. The van der Waals surface area contributed by atoms with Crippen LogP contribution in [0, 0.1) is 17.2 Å². The van der Waals surface area contributed by atoms with Crippen LogP contribution in [0.3, 0.4) is 0 Å². The zero-order valence-electron chi connectivity index (χ0n) is 16.0. The molecular formula is C22H24N4O2S. The highest BCUT2D eigenvalue weighted by molar-refractivity contribution is 7.15. The molecule has 6 nitrogen and oxygen atoms in total. The molecule has 1 saturated heterocycles. The van der Waals surface area contributed by atoms with Gasteiger partial charge in [-0.05, 0) is 54.5 Å². The SMILES string of the molecule is N#C[C@H](Cc1ccc(-c2ccc3c(c2)NC(O)C3)s1)NC(=O)[C@H]1N[C@@H]2CC[C@H]1C2. The van der Waals surface area contributed by atoms with Crippen molar-refractivity contribution in [2.24, 2.45) is 5.92 Å². The number of hydrogen-bond donors (Lipinski definition) is 4. The van der Waals surface area contributed by atoms with Crippen molar-refractivity contribution >= 4 is 22.9 Å². The lowest BCUT2D eigenvalue weighted by Crippen LogP contribution is -2.50. The van der Waals surface area contributed by atoms with Gasteiger partial charge < -0.3 is 21.1 Å². The molecule has 2 fully saturated rings. The Balaban J connectivity index is 1.24. The van der Waals surface area contributed by atoms with Crippen LogP contribution in [0.25, 0.3) is 10.4 Å². The normalized spacial score (nSPS) is 27.9. The number of piperidine rings is 1. The van der Waals surface area contributed by atoms with Crippen LogP contribution in [0.1, 0.15) is 29.7 Å². The summed E-state index contributed by atoms with van der Waals surface area (Å²) in [7, 11) is 0. The Morgan fingerprint density at radius 2 is 2.24 bits per heavy atom. The molecule has 1 aromatic heterocycles. The van der Waals surface area contributed by atoms with Gasteiger partial charge in [-0.1, -0.05) is 12.1 Å². The molecule has 0 spiro atoms. The van der Waals surface area contributed by atoms with Crippen molar-refractivity contribution in [1.82, 2.24) is 10.6 Å². The molecule has 1 saturated carbocycles. The summed E-state index contributed by atoms with van der Waals surface area (Å²) in [4.78, 5) is 14.8. The predicted molar refractivity (Wildman–Crippen MR) is 112 cm³/mol. The molecule has 2 aromatic rings. The Bertz CT molecular complexity index is 981. The van der Waals surface area contributed by atoms with E-state index in [2.05, 4.69) is 40.2 Å². The molecule has 2 bridgehead atoms. The van der Waals surface area contributed by atoms with E-state index >= 15 is 0 Å². The quantitative estimate of drug-likeness (QED) is 0.609. The monoisotopic (exact) mass is 408 g/mol. The van der Waals surface area contributed by atoms with E-state index in [-0.39, 0.29) is 11.9 Å². The van der Waals surface area contributed by atoms with Gasteiger partial charge in [-0.3, -0.25) is 4.79 Å². The van der Waals surface area contributed by atoms with E-state index in [1.807, 2.05) is 12.1 Å². The molecule has 150 valence electrons. The van der Waals surface area contributed by atoms with Gasteiger partial charge in [-0.2, -0.15) is 5.26 Å². The van der Waals surface area contributed by atoms with Gasteiger partial charge in [0.25, 0.3) is 0 Å². The van der Waals surface area contributed by atoms with Crippen LogP contribution >= 0.6 is 11.3 Å². The number of hydrogen-bond acceptors (Lipinski definition) is 6. The number of aliphatic hydroxyl groups excluding tert-OH is 1. The van der Waals surface area contributed by atoms with Crippen LogP contribution in [0.4, 0.5) is 5.69 Å². The summed E-state index contributed by atoms with van der Waals surface area (Å²) in [5.41, 5.74) is 3.19. The summed E-state index contributed by atoms with van der Waals surface area (Å²) in [6, 6.07) is 12.3. The number of carbonyl (C=O) groups excluding carboxylic acids is 1. The first-order valence-electron chi connectivity index (χ1n) is 10.2. The van der Waals surface area contributed by atoms with Crippen LogP contribution in [0.2, 0.25) is 0 Å². The Hall–Kier alpha value is -2.40. The summed E-state index contributed by atoms with van der Waals surface area (Å²) in [5.74, 6) is 0.378. The number of fused-ring (bicyclic) bond motifs is 3. The molecule has 2 aliphatic heterocycles. The second kappa shape index (κ2) is 7.45. The van der Waals surface area contributed by atoms with E-state index in [1.165, 1.54) is 0 Å². The van der Waals surface area contributed by atoms with E-state index in [0.29, 0.717) is 24.8 Å². The average molecular weight is 409 g/mol. The molecule has 1 aromatic carbocycles. The van der Waals surface area contributed by atoms with Crippen LogP contribution in [-0.2, 0) is 17.6 Å². The molecule has 1 amide bonds. The molecule has 3 heterocycles. The molecule has 5 rings (SSSR count). The van der Waals surface area contributed by atoms with Gasteiger partial charge in [0.2, 0.25) is 5.91 Å². The predicted octanol–water partition coefficient (Wildman–Crippen LogP) is 2.39. The van der Waals surface area contributed by atoms with Crippen LogP contribution in [0.5, 0.6) is 0 Å². The minimum atomic E-state index is -0.522. The maximum Gasteiger partial charge on any atom is 0.238 e. The van der Waals surface area contributed by atoms with Crippen LogP contribution < -0.4 is 16.0 Å². The number of nitrogens with zero attached hydrogens (tertiary/aromatic N) is 1. The van der Waals surface area contributed by atoms with Crippen molar-refractivity contribution in [2.75, 3.05) is 5.32 Å². The molecule has 5 atom stereocenters. The van der Waals surface area contributed by atoms with Crippen LogP contribution in [-0.4, -0.2) is 35.4 Å². The van der Waals surface area contributed by atoms with E-state index in [0.717, 1.165) is 45.8 Å². The Morgan fingerprint density at radius 3 is 3.00 bits per heavy atom.